The van der Waals surface area contributed by atoms with Crippen LogP contribution in [0.2, 0.25) is 0 Å². The van der Waals surface area contributed by atoms with Gasteiger partial charge in [-0.3, -0.25) is 4.55 Å². The summed E-state index contributed by atoms with van der Waals surface area (Å²) in [4.78, 5) is -0.244. The average Bonchev–Trinajstić information content (AvgIpc) is 3.33. The average molecular weight is 677 g/mol. The van der Waals surface area contributed by atoms with Gasteiger partial charge in [0.2, 0.25) is 5.96 Å². The number of nitrogens with two attached hydrogens (primary N) is 2. The van der Waals surface area contributed by atoms with Crippen LogP contribution in [-0.4, -0.2) is 42.5 Å². The van der Waals surface area contributed by atoms with Crippen molar-refractivity contribution >= 4 is 50.2 Å². The van der Waals surface area contributed by atoms with Gasteiger partial charge in [0.1, 0.15) is 22.0 Å². The Balaban J connectivity index is 0.000000225. The van der Waals surface area contributed by atoms with E-state index in [1.54, 1.807) is 30.5 Å². The zero-order valence-corrected chi connectivity index (χ0v) is 27.9. The van der Waals surface area contributed by atoms with Crippen molar-refractivity contribution in [3.8, 4) is 0 Å². The molecule has 246 valence electrons. The van der Waals surface area contributed by atoms with Gasteiger partial charge >= 0.3 is 0 Å². The fourth-order valence-corrected chi connectivity index (χ4v) is 4.96. The maximum absolute atomic E-state index is 10.5. The number of hydrogen-bond donors (Lipinski definition) is 3. The first kappa shape index (κ1) is 36.3. The highest BCUT2D eigenvalue weighted by atomic mass is 32.2. The lowest BCUT2D eigenvalue weighted by molar-refractivity contribution is -0.646. The van der Waals surface area contributed by atoms with E-state index in [1.807, 2.05) is 38.1 Å². The first-order valence-electron chi connectivity index (χ1n) is 14.0. The van der Waals surface area contributed by atoms with Gasteiger partial charge in [0.05, 0.1) is 23.1 Å². The van der Waals surface area contributed by atoms with E-state index < -0.39 is 20.2 Å². The Morgan fingerprint density at radius 1 is 0.787 bits per heavy atom. The van der Waals surface area contributed by atoms with Gasteiger partial charge in [0, 0.05) is 6.07 Å². The van der Waals surface area contributed by atoms with E-state index >= 15 is 0 Å². The molecule has 5 aromatic rings. The summed E-state index contributed by atoms with van der Waals surface area (Å²) in [6.07, 6.45) is 7.93. The van der Waals surface area contributed by atoms with Crippen molar-refractivity contribution < 1.29 is 30.5 Å². The number of rotatable bonds is 6. The van der Waals surface area contributed by atoms with Gasteiger partial charge in [-0.2, -0.15) is 17.9 Å². The predicted octanol–water partition coefficient (Wildman–Crippen LogP) is 3.99. The number of hydrogen-bond acceptors (Lipinski definition) is 7. The molecule has 0 saturated heterocycles. The Hall–Kier alpha value is -5.15. The smallest absolute Gasteiger partial charge is 0.294 e. The van der Waals surface area contributed by atoms with Gasteiger partial charge in [0.25, 0.3) is 15.8 Å². The maximum atomic E-state index is 10.5. The summed E-state index contributed by atoms with van der Waals surface area (Å²) in [5, 5.41) is 7.38. The molecule has 0 aliphatic heterocycles. The van der Waals surface area contributed by atoms with Crippen molar-refractivity contribution in [2.45, 2.75) is 30.6 Å². The zero-order valence-electron chi connectivity index (χ0n) is 26.2. The highest BCUT2D eigenvalue weighted by Crippen LogP contribution is 2.12. The Morgan fingerprint density at radius 2 is 1.32 bits per heavy atom. The molecule has 0 saturated carbocycles. The quantitative estimate of drug-likeness (QED) is 0.0789. The van der Waals surface area contributed by atoms with Crippen LogP contribution in [0.3, 0.4) is 0 Å². The summed E-state index contributed by atoms with van der Waals surface area (Å²) >= 11 is 0. The van der Waals surface area contributed by atoms with E-state index in [0.29, 0.717) is 0 Å². The van der Waals surface area contributed by atoms with Gasteiger partial charge in [0.15, 0.2) is 5.69 Å². The minimum Gasteiger partial charge on any atom is -0.744 e. The van der Waals surface area contributed by atoms with Crippen LogP contribution in [0.5, 0.6) is 0 Å². The molecular weight excluding hydrogens is 641 g/mol. The van der Waals surface area contributed by atoms with Crippen LogP contribution in [0, 0.1) is 20.8 Å². The van der Waals surface area contributed by atoms with Gasteiger partial charge in [-0.05, 0) is 68.3 Å². The molecule has 12 nitrogen and oxygen atoms in total. The number of aromatic nitrogens is 2. The Morgan fingerprint density at radius 3 is 1.81 bits per heavy atom. The normalized spacial score (nSPS) is 11.5. The van der Waals surface area contributed by atoms with Crippen molar-refractivity contribution in [3.63, 3.8) is 0 Å². The number of imidazole rings is 1. The Kier molecular flexibility index (Phi) is 12.3. The van der Waals surface area contributed by atoms with Crippen molar-refractivity contribution in [2.75, 3.05) is 0 Å². The van der Waals surface area contributed by atoms with Crippen LogP contribution in [0.15, 0.2) is 117 Å². The van der Waals surface area contributed by atoms with Crippen LogP contribution in [0.4, 0.5) is 0 Å². The predicted molar refractivity (Wildman–Crippen MR) is 182 cm³/mol. The maximum Gasteiger partial charge on any atom is 0.294 e. The minimum absolute atomic E-state index is 0.0566. The van der Waals surface area contributed by atoms with Crippen LogP contribution >= 0.6 is 0 Å². The molecule has 5 N–H and O–H groups in total. The topological polar surface area (TPSA) is 197 Å². The van der Waals surface area contributed by atoms with E-state index in [-0.39, 0.29) is 15.8 Å². The lowest BCUT2D eigenvalue weighted by Gasteiger charge is -2.05. The SMILES string of the molecule is Cc1ccc(S(=O)(=O)O)cc1.Cc1ccc(S(=O)(=O)[O-])cc1.Cc1cccc2n1cc(/C=C/c1ccc(/C=N/N=C(N)N)cc1)[n+]2C. The molecule has 0 unspecified atom stereocenters. The van der Waals surface area contributed by atoms with Crippen LogP contribution in [0.1, 0.15) is 33.6 Å². The Labute approximate surface area is 274 Å². The second-order valence-corrected chi connectivity index (χ2v) is 13.1. The molecule has 2 heterocycles. The number of benzene rings is 3. The van der Waals surface area contributed by atoms with Gasteiger partial charge in [-0.15, -0.1) is 5.10 Å². The molecule has 0 fully saturated rings. The number of guanidine groups is 1. The first-order valence-corrected chi connectivity index (χ1v) is 16.8. The van der Waals surface area contributed by atoms with Crippen molar-refractivity contribution in [1.29, 1.82) is 0 Å². The van der Waals surface area contributed by atoms with Crippen LogP contribution < -0.4 is 16.0 Å². The molecule has 0 aliphatic rings. The second-order valence-electron chi connectivity index (χ2n) is 10.3. The van der Waals surface area contributed by atoms with Crippen LogP contribution in [0.25, 0.3) is 17.8 Å². The highest BCUT2D eigenvalue weighted by molar-refractivity contribution is 7.86. The van der Waals surface area contributed by atoms with Gasteiger partial charge < -0.3 is 16.0 Å². The number of aryl methyl sites for hydroxylation is 4. The van der Waals surface area contributed by atoms with Gasteiger partial charge in [-0.1, -0.05) is 71.8 Å². The zero-order chi connectivity index (χ0) is 34.8. The number of nitrogens with zero attached hydrogens (tertiary/aromatic N) is 4. The van der Waals surface area contributed by atoms with Crippen molar-refractivity contribution in [1.82, 2.24) is 4.40 Å². The van der Waals surface area contributed by atoms with E-state index in [1.165, 1.54) is 30.0 Å². The largest absolute Gasteiger partial charge is 0.744 e. The first-order chi connectivity index (χ1) is 22.0. The summed E-state index contributed by atoms with van der Waals surface area (Å²) in [6, 6.07) is 26.0. The monoisotopic (exact) mass is 676 g/mol. The standard InChI is InChI=1S/C19H21N6.2C7H8O3S/c1-14-4-3-5-18-24(2)17(13-25(14)18)11-10-15-6-8-16(9-7-15)12-22-23-19(20)21;2*1-6-2-4-7(5-3-6)11(8,9)10/h3-13H,1-2H3,(H4,20,21,23);2*2-5H,1H3,(H,8,9,10)/q+1;;/p-1/b11-10+,22-12+;;. The Bertz CT molecular complexity index is 2040. The summed E-state index contributed by atoms with van der Waals surface area (Å²) in [7, 11) is -6.22. The summed E-state index contributed by atoms with van der Waals surface area (Å²) < 4.78 is 65.1. The molecule has 5 rings (SSSR count). The fourth-order valence-electron chi connectivity index (χ4n) is 4.01. The molecule has 2 aromatic heterocycles. The third-order valence-corrected chi connectivity index (χ3v) is 8.31. The third kappa shape index (κ3) is 11.3. The lowest BCUT2D eigenvalue weighted by atomic mass is 10.1. The van der Waals surface area contributed by atoms with E-state index in [0.717, 1.165) is 33.6 Å². The van der Waals surface area contributed by atoms with E-state index in [4.69, 9.17) is 16.0 Å². The summed E-state index contributed by atoms with van der Waals surface area (Å²) in [5.41, 5.74) is 17.9. The summed E-state index contributed by atoms with van der Waals surface area (Å²) in [5.74, 6) is -0.0566. The van der Waals surface area contributed by atoms with Crippen LogP contribution in [-0.2, 0) is 27.3 Å². The third-order valence-electron chi connectivity index (χ3n) is 6.59. The van der Waals surface area contributed by atoms with Gasteiger partial charge in [-0.25, -0.2) is 13.0 Å². The molecule has 0 aliphatic carbocycles. The molecule has 0 radical (unpaired) electrons. The number of fused-ring (bicyclic) bond motifs is 1. The highest BCUT2D eigenvalue weighted by Gasteiger charge is 2.13. The molecule has 0 amide bonds. The van der Waals surface area contributed by atoms with Crippen molar-refractivity contribution in [2.24, 2.45) is 28.7 Å². The molecule has 47 heavy (non-hydrogen) atoms. The molecule has 0 atom stereocenters. The molecule has 14 heteroatoms. The molecular formula is C33H36N6O6S2. The molecule has 0 bridgehead atoms. The number of pyridine rings is 1. The lowest BCUT2D eigenvalue weighted by Crippen LogP contribution is -2.29. The molecule has 3 aromatic carbocycles. The second kappa shape index (κ2) is 15.9. The minimum atomic E-state index is -4.27. The molecule has 0 spiro atoms. The van der Waals surface area contributed by atoms with Crippen molar-refractivity contribution in [3.05, 3.63) is 131 Å². The summed E-state index contributed by atoms with van der Waals surface area (Å²) in [6.45, 7) is 5.76. The van der Waals surface area contributed by atoms with E-state index in [2.05, 4.69) is 69.7 Å². The van der Waals surface area contributed by atoms with E-state index in [9.17, 15) is 21.4 Å². The fraction of sp³-hybridized carbons (Fsp3) is 0.121.